The summed E-state index contributed by atoms with van der Waals surface area (Å²) in [7, 11) is 0. The van der Waals surface area contributed by atoms with Gasteiger partial charge in [-0.2, -0.15) is 13.2 Å². The molecule has 1 aromatic rings. The second-order valence-electron chi connectivity index (χ2n) is 4.62. The number of carbonyl (C=O) groups is 1. The number of hydrogen-bond donors (Lipinski definition) is 0. The number of carbonyl (C=O) groups excluding carboxylic acids is 1. The highest BCUT2D eigenvalue weighted by Gasteiger charge is 2.41. The van der Waals surface area contributed by atoms with Gasteiger partial charge in [-0.3, -0.25) is 4.79 Å². The summed E-state index contributed by atoms with van der Waals surface area (Å²) in [5, 5.41) is 0. The van der Waals surface area contributed by atoms with Crippen molar-refractivity contribution in [3.8, 4) is 0 Å². The van der Waals surface area contributed by atoms with E-state index < -0.39 is 12.1 Å². The van der Waals surface area contributed by atoms with Crippen LogP contribution < -0.4 is 4.90 Å². The number of alkyl halides is 3. The van der Waals surface area contributed by atoms with Crippen LogP contribution in [0.2, 0.25) is 0 Å². The number of halogens is 4. The smallest absolute Gasteiger partial charge is 0.371 e. The van der Waals surface area contributed by atoms with Crippen molar-refractivity contribution < 1.29 is 18.0 Å². The monoisotopic (exact) mass is 335 g/mol. The van der Waals surface area contributed by atoms with Crippen LogP contribution in [0.5, 0.6) is 0 Å². The highest BCUT2D eigenvalue weighted by molar-refractivity contribution is 9.10. The standard InChI is InChI=1S/C13H13BrF3NO/c14-11-1-2-12(9(7-11)8-19)18-5-3-10(4-6-18)13(15,16)17/h1-2,7-8,10H,3-6H2. The van der Waals surface area contributed by atoms with Gasteiger partial charge in [-0.15, -0.1) is 0 Å². The molecule has 6 heteroatoms. The molecule has 1 aromatic carbocycles. The van der Waals surface area contributed by atoms with Crippen LogP contribution in [0.3, 0.4) is 0 Å². The zero-order chi connectivity index (χ0) is 14.0. The molecule has 0 bridgehead atoms. The largest absolute Gasteiger partial charge is 0.391 e. The summed E-state index contributed by atoms with van der Waals surface area (Å²) in [5.41, 5.74) is 1.21. The van der Waals surface area contributed by atoms with E-state index in [2.05, 4.69) is 15.9 Å². The third kappa shape index (κ3) is 3.29. The summed E-state index contributed by atoms with van der Waals surface area (Å²) in [6, 6.07) is 5.23. The number of hydrogen-bond acceptors (Lipinski definition) is 2. The van der Waals surface area contributed by atoms with Crippen LogP contribution in [0.25, 0.3) is 0 Å². The van der Waals surface area contributed by atoms with Gasteiger partial charge in [-0.25, -0.2) is 0 Å². The first-order valence-corrected chi connectivity index (χ1v) is 6.77. The van der Waals surface area contributed by atoms with Gasteiger partial charge in [0.2, 0.25) is 0 Å². The second kappa shape index (κ2) is 5.53. The quantitative estimate of drug-likeness (QED) is 0.760. The summed E-state index contributed by atoms with van der Waals surface area (Å²) in [6.07, 6.45) is -3.22. The van der Waals surface area contributed by atoms with Crippen LogP contribution in [0.15, 0.2) is 22.7 Å². The predicted molar refractivity (Wildman–Crippen MR) is 70.5 cm³/mol. The average Bonchev–Trinajstić information content (AvgIpc) is 2.37. The summed E-state index contributed by atoms with van der Waals surface area (Å²) in [5.74, 6) is -1.22. The lowest BCUT2D eigenvalue weighted by Crippen LogP contribution is -2.39. The van der Waals surface area contributed by atoms with Crippen molar-refractivity contribution in [1.82, 2.24) is 0 Å². The van der Waals surface area contributed by atoms with Crippen molar-refractivity contribution in [3.05, 3.63) is 28.2 Å². The highest BCUT2D eigenvalue weighted by atomic mass is 79.9. The van der Waals surface area contributed by atoms with Gasteiger partial charge < -0.3 is 4.90 Å². The van der Waals surface area contributed by atoms with Gasteiger partial charge in [-0.05, 0) is 31.0 Å². The van der Waals surface area contributed by atoms with Gasteiger partial charge >= 0.3 is 6.18 Å². The molecule has 0 amide bonds. The predicted octanol–water partition coefficient (Wildman–Crippen LogP) is 4.04. The zero-order valence-corrected chi connectivity index (χ0v) is 11.7. The maximum atomic E-state index is 12.6. The molecule has 0 atom stereocenters. The van der Waals surface area contributed by atoms with E-state index >= 15 is 0 Å². The maximum absolute atomic E-state index is 12.6. The Morgan fingerprint density at radius 1 is 1.26 bits per heavy atom. The molecule has 2 nitrogen and oxygen atoms in total. The first-order chi connectivity index (χ1) is 8.91. The highest BCUT2D eigenvalue weighted by Crippen LogP contribution is 2.36. The third-order valence-electron chi connectivity index (χ3n) is 3.42. The van der Waals surface area contributed by atoms with Gasteiger partial charge in [0.25, 0.3) is 0 Å². The van der Waals surface area contributed by atoms with E-state index in [4.69, 9.17) is 0 Å². The number of benzene rings is 1. The normalized spacial score (nSPS) is 17.6. The van der Waals surface area contributed by atoms with Crippen molar-refractivity contribution in [3.63, 3.8) is 0 Å². The van der Waals surface area contributed by atoms with Crippen molar-refractivity contribution in [1.29, 1.82) is 0 Å². The first-order valence-electron chi connectivity index (χ1n) is 5.98. The molecule has 1 aliphatic rings. The molecule has 1 fully saturated rings. The second-order valence-corrected chi connectivity index (χ2v) is 5.54. The lowest BCUT2D eigenvalue weighted by molar-refractivity contribution is -0.179. The van der Waals surface area contributed by atoms with E-state index in [-0.39, 0.29) is 12.8 Å². The number of piperidine rings is 1. The topological polar surface area (TPSA) is 20.3 Å². The van der Waals surface area contributed by atoms with Crippen molar-refractivity contribution in [2.24, 2.45) is 5.92 Å². The molecule has 0 aromatic heterocycles. The Labute approximate surface area is 117 Å². The molecule has 0 spiro atoms. The molecule has 1 heterocycles. The van der Waals surface area contributed by atoms with E-state index in [1.54, 1.807) is 18.2 Å². The maximum Gasteiger partial charge on any atom is 0.391 e. The minimum absolute atomic E-state index is 0.0812. The molecule has 104 valence electrons. The molecular formula is C13H13BrF3NO. The average molecular weight is 336 g/mol. The molecule has 0 N–H and O–H groups in total. The van der Waals surface area contributed by atoms with Crippen molar-refractivity contribution in [2.75, 3.05) is 18.0 Å². The van der Waals surface area contributed by atoms with E-state index in [1.165, 1.54) is 0 Å². The van der Waals surface area contributed by atoms with Gasteiger partial charge in [0.15, 0.2) is 6.29 Å². The van der Waals surface area contributed by atoms with E-state index in [9.17, 15) is 18.0 Å². The Hall–Kier alpha value is -1.04. The number of rotatable bonds is 2. The molecule has 19 heavy (non-hydrogen) atoms. The number of nitrogens with zero attached hydrogens (tertiary/aromatic N) is 1. The SMILES string of the molecule is O=Cc1cc(Br)ccc1N1CCC(C(F)(F)F)CC1. The Kier molecular flexibility index (Phi) is 4.18. The van der Waals surface area contributed by atoms with Gasteiger partial charge in [-0.1, -0.05) is 15.9 Å². The Morgan fingerprint density at radius 3 is 2.42 bits per heavy atom. The molecule has 1 saturated heterocycles. The van der Waals surface area contributed by atoms with Gasteiger partial charge in [0, 0.05) is 28.8 Å². The van der Waals surface area contributed by atoms with Crippen molar-refractivity contribution >= 4 is 27.9 Å². The van der Waals surface area contributed by atoms with Crippen molar-refractivity contribution in [2.45, 2.75) is 19.0 Å². The van der Waals surface area contributed by atoms with Crippen LogP contribution in [0, 0.1) is 5.92 Å². The molecule has 2 rings (SSSR count). The van der Waals surface area contributed by atoms with E-state index in [0.717, 1.165) is 10.8 Å². The summed E-state index contributed by atoms with van der Waals surface area (Å²) < 4.78 is 38.5. The molecule has 0 unspecified atom stereocenters. The van der Waals surface area contributed by atoms with Crippen LogP contribution in [-0.4, -0.2) is 25.6 Å². The number of anilines is 1. The molecule has 0 saturated carbocycles. The first kappa shape index (κ1) is 14.4. The summed E-state index contributed by atoms with van der Waals surface area (Å²) in [4.78, 5) is 12.9. The van der Waals surface area contributed by atoms with Gasteiger partial charge in [0.05, 0.1) is 5.92 Å². The van der Waals surface area contributed by atoms with E-state index in [0.29, 0.717) is 24.3 Å². The third-order valence-corrected chi connectivity index (χ3v) is 3.91. The van der Waals surface area contributed by atoms with E-state index in [1.807, 2.05) is 4.90 Å². The molecule has 1 aliphatic heterocycles. The molecular weight excluding hydrogens is 323 g/mol. The van der Waals surface area contributed by atoms with Crippen LogP contribution in [0.1, 0.15) is 23.2 Å². The van der Waals surface area contributed by atoms with Crippen LogP contribution >= 0.6 is 15.9 Å². The molecule has 0 radical (unpaired) electrons. The minimum Gasteiger partial charge on any atom is -0.371 e. The Morgan fingerprint density at radius 2 is 1.89 bits per heavy atom. The van der Waals surface area contributed by atoms with Gasteiger partial charge in [0.1, 0.15) is 0 Å². The molecule has 0 aliphatic carbocycles. The fourth-order valence-corrected chi connectivity index (χ4v) is 2.73. The fourth-order valence-electron chi connectivity index (χ4n) is 2.36. The Bertz CT molecular complexity index is 467. The van der Waals surface area contributed by atoms with Crippen LogP contribution in [-0.2, 0) is 0 Å². The van der Waals surface area contributed by atoms with Crippen LogP contribution in [0.4, 0.5) is 18.9 Å². The lowest BCUT2D eigenvalue weighted by atomic mass is 9.95. The summed E-state index contributed by atoms with van der Waals surface area (Å²) in [6.45, 7) is 0.652. The lowest BCUT2D eigenvalue weighted by Gasteiger charge is -2.35. The Balaban J connectivity index is 2.12. The fraction of sp³-hybridized carbons (Fsp3) is 0.462. The summed E-state index contributed by atoms with van der Waals surface area (Å²) >= 11 is 3.27. The number of aldehydes is 1. The minimum atomic E-state index is -4.11. The zero-order valence-electron chi connectivity index (χ0n) is 10.1.